The molecule has 0 amide bonds. The van der Waals surface area contributed by atoms with Gasteiger partial charge in [0, 0.05) is 25.3 Å². The number of rotatable bonds is 8. The zero-order valence-electron chi connectivity index (χ0n) is 13.0. The highest BCUT2D eigenvalue weighted by Gasteiger charge is 2.38. The van der Waals surface area contributed by atoms with E-state index >= 15 is 0 Å². The van der Waals surface area contributed by atoms with Gasteiger partial charge in [-0.1, -0.05) is 13.8 Å². The molecule has 0 bridgehead atoms. The number of nitrogens with one attached hydrogen (secondary N) is 1. The van der Waals surface area contributed by atoms with Gasteiger partial charge in [0.25, 0.3) is 0 Å². The van der Waals surface area contributed by atoms with Gasteiger partial charge in [-0.3, -0.25) is 0 Å². The highest BCUT2D eigenvalue weighted by Crippen LogP contribution is 2.34. The van der Waals surface area contributed by atoms with E-state index in [-0.39, 0.29) is 6.04 Å². The molecule has 2 rings (SSSR count). The number of aromatic nitrogens is 1. The normalized spacial score (nSPS) is 15.7. The van der Waals surface area contributed by atoms with Gasteiger partial charge in [-0.05, 0) is 44.2 Å². The molecule has 0 radical (unpaired) electrons. The van der Waals surface area contributed by atoms with Crippen molar-refractivity contribution in [3.05, 3.63) is 18.3 Å². The van der Waals surface area contributed by atoms with Crippen LogP contribution >= 0.6 is 0 Å². The van der Waals surface area contributed by atoms with Gasteiger partial charge in [0.15, 0.2) is 0 Å². The molecular weight excluding hydrogens is 286 g/mol. The third kappa shape index (κ3) is 3.95. The number of pyridine rings is 1. The molecule has 1 heterocycles. The fourth-order valence-corrected chi connectivity index (χ4v) is 4.09. The Balaban J connectivity index is 2.30. The molecule has 1 saturated carbocycles. The average molecular weight is 311 g/mol. The molecule has 5 nitrogen and oxygen atoms in total. The molecule has 0 unspecified atom stereocenters. The van der Waals surface area contributed by atoms with Gasteiger partial charge in [0.2, 0.25) is 10.0 Å². The minimum atomic E-state index is -3.48. The lowest BCUT2D eigenvalue weighted by atomic mass is 10.1. The minimum Gasteiger partial charge on any atom is -0.369 e. The third-order valence-electron chi connectivity index (χ3n) is 3.58. The van der Waals surface area contributed by atoms with Crippen molar-refractivity contribution >= 4 is 15.8 Å². The molecule has 1 aliphatic rings. The molecule has 1 aromatic heterocycles. The quantitative estimate of drug-likeness (QED) is 0.802. The molecule has 1 aliphatic carbocycles. The first-order valence-corrected chi connectivity index (χ1v) is 9.11. The maximum Gasteiger partial charge on any atom is 0.246 e. The van der Waals surface area contributed by atoms with Gasteiger partial charge >= 0.3 is 0 Å². The van der Waals surface area contributed by atoms with Crippen LogP contribution in [0, 0.1) is 5.92 Å². The van der Waals surface area contributed by atoms with E-state index in [1.165, 1.54) is 0 Å². The maximum atomic E-state index is 13.0. The molecule has 0 aliphatic heterocycles. The van der Waals surface area contributed by atoms with Crippen LogP contribution in [0.15, 0.2) is 23.2 Å². The molecule has 118 valence electrons. The summed E-state index contributed by atoms with van der Waals surface area (Å²) >= 11 is 0. The zero-order chi connectivity index (χ0) is 15.5. The van der Waals surface area contributed by atoms with Crippen molar-refractivity contribution in [2.75, 3.05) is 18.4 Å². The number of anilines is 1. The number of hydrogen-bond donors (Lipinski definition) is 1. The summed E-state index contributed by atoms with van der Waals surface area (Å²) in [5, 5.41) is 3.04. The van der Waals surface area contributed by atoms with Gasteiger partial charge in [0.05, 0.1) is 0 Å². The largest absolute Gasteiger partial charge is 0.369 e. The van der Waals surface area contributed by atoms with Crippen LogP contribution in [-0.4, -0.2) is 36.8 Å². The van der Waals surface area contributed by atoms with E-state index in [4.69, 9.17) is 0 Å². The van der Waals surface area contributed by atoms with Crippen molar-refractivity contribution in [3.8, 4) is 0 Å². The Morgan fingerprint density at radius 1 is 1.43 bits per heavy atom. The van der Waals surface area contributed by atoms with E-state index < -0.39 is 10.0 Å². The number of nitrogens with zero attached hydrogens (tertiary/aromatic N) is 2. The lowest BCUT2D eigenvalue weighted by Gasteiger charge is -2.23. The van der Waals surface area contributed by atoms with Crippen LogP contribution in [0.5, 0.6) is 0 Å². The van der Waals surface area contributed by atoms with E-state index in [0.717, 1.165) is 19.3 Å². The first kappa shape index (κ1) is 16.2. The van der Waals surface area contributed by atoms with Crippen LogP contribution in [0.2, 0.25) is 0 Å². The predicted molar refractivity (Wildman–Crippen MR) is 84.8 cm³/mol. The number of hydrogen-bond acceptors (Lipinski definition) is 4. The van der Waals surface area contributed by atoms with Crippen LogP contribution in [0.25, 0.3) is 0 Å². The Hall–Kier alpha value is -1.14. The maximum absolute atomic E-state index is 13.0. The minimum absolute atomic E-state index is 0.170. The second-order valence-corrected chi connectivity index (χ2v) is 7.77. The van der Waals surface area contributed by atoms with Crippen LogP contribution in [0.4, 0.5) is 5.82 Å². The summed E-state index contributed by atoms with van der Waals surface area (Å²) in [6, 6.07) is 3.50. The SMILES string of the molecule is CCNc1ncccc1S(=O)(=O)N(CCC(C)C)C1CC1. The first-order valence-electron chi connectivity index (χ1n) is 7.67. The summed E-state index contributed by atoms with van der Waals surface area (Å²) in [5.41, 5.74) is 0. The summed E-state index contributed by atoms with van der Waals surface area (Å²) in [7, 11) is -3.48. The van der Waals surface area contributed by atoms with E-state index in [0.29, 0.717) is 29.7 Å². The second-order valence-electron chi connectivity index (χ2n) is 5.91. The lowest BCUT2D eigenvalue weighted by molar-refractivity contribution is 0.373. The molecule has 0 spiro atoms. The van der Waals surface area contributed by atoms with Crippen LogP contribution in [0.1, 0.15) is 40.0 Å². The summed E-state index contributed by atoms with van der Waals surface area (Å²) in [6.07, 6.45) is 4.43. The van der Waals surface area contributed by atoms with Gasteiger partial charge in [-0.2, -0.15) is 4.31 Å². The van der Waals surface area contributed by atoms with E-state index in [9.17, 15) is 8.42 Å². The smallest absolute Gasteiger partial charge is 0.246 e. The molecule has 0 saturated heterocycles. The topological polar surface area (TPSA) is 62.3 Å². The van der Waals surface area contributed by atoms with Gasteiger partial charge < -0.3 is 5.32 Å². The molecule has 6 heteroatoms. The molecular formula is C15H25N3O2S. The van der Waals surface area contributed by atoms with Crippen molar-refractivity contribution in [3.63, 3.8) is 0 Å². The predicted octanol–water partition coefficient (Wildman–Crippen LogP) is 2.71. The van der Waals surface area contributed by atoms with Crippen molar-refractivity contribution in [1.29, 1.82) is 0 Å². The molecule has 1 N–H and O–H groups in total. The monoisotopic (exact) mass is 311 g/mol. The Kier molecular flexibility index (Phi) is 5.22. The standard InChI is InChI=1S/C15H25N3O2S/c1-4-16-15-14(6-5-10-17-15)21(19,20)18(13-7-8-13)11-9-12(2)3/h5-6,10,12-13H,4,7-9,11H2,1-3H3,(H,16,17). The van der Waals surface area contributed by atoms with Gasteiger partial charge in [-0.25, -0.2) is 13.4 Å². The molecule has 0 atom stereocenters. The van der Waals surface area contributed by atoms with Crippen molar-refractivity contribution in [2.45, 2.75) is 51.0 Å². The van der Waals surface area contributed by atoms with Crippen LogP contribution in [-0.2, 0) is 10.0 Å². The van der Waals surface area contributed by atoms with Crippen molar-refractivity contribution in [1.82, 2.24) is 9.29 Å². The number of sulfonamides is 1. The first-order chi connectivity index (χ1) is 9.96. The third-order valence-corrected chi connectivity index (χ3v) is 5.57. The van der Waals surface area contributed by atoms with Gasteiger partial charge in [-0.15, -0.1) is 0 Å². The molecule has 1 aromatic rings. The molecule has 0 aromatic carbocycles. The zero-order valence-corrected chi connectivity index (χ0v) is 13.9. The van der Waals surface area contributed by atoms with E-state index in [1.807, 2.05) is 6.92 Å². The summed E-state index contributed by atoms with van der Waals surface area (Å²) in [5.74, 6) is 0.943. The van der Waals surface area contributed by atoms with Crippen LogP contribution in [0.3, 0.4) is 0 Å². The Bertz CT molecular complexity index is 568. The fourth-order valence-electron chi connectivity index (χ4n) is 2.27. The lowest BCUT2D eigenvalue weighted by Crippen LogP contribution is -2.35. The second kappa shape index (κ2) is 6.75. The summed E-state index contributed by atoms with van der Waals surface area (Å²) < 4.78 is 27.6. The highest BCUT2D eigenvalue weighted by atomic mass is 32.2. The summed E-state index contributed by atoms with van der Waals surface area (Å²) in [4.78, 5) is 4.47. The van der Waals surface area contributed by atoms with Gasteiger partial charge in [0.1, 0.15) is 10.7 Å². The molecule has 1 fully saturated rings. The average Bonchev–Trinajstić information content (AvgIpc) is 3.24. The van der Waals surface area contributed by atoms with E-state index in [1.54, 1.807) is 22.6 Å². The van der Waals surface area contributed by atoms with Crippen molar-refractivity contribution in [2.24, 2.45) is 5.92 Å². The molecule has 21 heavy (non-hydrogen) atoms. The Morgan fingerprint density at radius 2 is 2.14 bits per heavy atom. The van der Waals surface area contributed by atoms with Crippen molar-refractivity contribution < 1.29 is 8.42 Å². The fraction of sp³-hybridized carbons (Fsp3) is 0.667. The Morgan fingerprint density at radius 3 is 2.71 bits per heavy atom. The summed E-state index contributed by atoms with van der Waals surface area (Å²) in [6.45, 7) is 7.40. The van der Waals surface area contributed by atoms with Crippen LogP contribution < -0.4 is 5.32 Å². The highest BCUT2D eigenvalue weighted by molar-refractivity contribution is 7.89. The van der Waals surface area contributed by atoms with E-state index in [2.05, 4.69) is 24.1 Å². The Labute approximate surface area is 127 Å².